The molecule has 5 heteroatoms. The van der Waals surface area contributed by atoms with Crippen LogP contribution in [0.15, 0.2) is 12.7 Å². The maximum Gasteiger partial charge on any atom is 0.312 e. The van der Waals surface area contributed by atoms with Crippen molar-refractivity contribution in [1.29, 1.82) is 0 Å². The first-order valence-corrected chi connectivity index (χ1v) is 8.52. The summed E-state index contributed by atoms with van der Waals surface area (Å²) in [6, 6.07) is -0.0956. The van der Waals surface area contributed by atoms with Crippen LogP contribution in [0.25, 0.3) is 0 Å². The number of hydrogen-bond acceptors (Lipinski definition) is 3. The largest absolute Gasteiger partial charge is 0.352 e. The average molecular weight is 313 g/mol. The lowest BCUT2D eigenvalue weighted by molar-refractivity contribution is 0.213. The van der Waals surface area contributed by atoms with E-state index >= 15 is 0 Å². The van der Waals surface area contributed by atoms with Crippen molar-refractivity contribution >= 4 is 6.03 Å². The number of nitrogens with zero attached hydrogens (tertiary/aromatic N) is 1. The molecule has 130 valence electrons. The fourth-order valence-corrected chi connectivity index (χ4v) is 2.53. The smallest absolute Gasteiger partial charge is 0.312 e. The van der Waals surface area contributed by atoms with Crippen LogP contribution in [-0.2, 0) is 0 Å². The molecule has 0 spiro atoms. The molecule has 2 atom stereocenters. The molecule has 0 aliphatic heterocycles. The summed E-state index contributed by atoms with van der Waals surface area (Å²) in [6.45, 7) is 12.8. The lowest BCUT2D eigenvalue weighted by Gasteiger charge is -2.36. The highest BCUT2D eigenvalue weighted by Gasteiger charge is 2.29. The van der Waals surface area contributed by atoms with Gasteiger partial charge in [-0.2, -0.15) is 0 Å². The van der Waals surface area contributed by atoms with Crippen molar-refractivity contribution in [2.24, 2.45) is 5.73 Å². The Labute approximate surface area is 136 Å². The van der Waals surface area contributed by atoms with Crippen LogP contribution in [0.3, 0.4) is 0 Å². The summed E-state index contributed by atoms with van der Waals surface area (Å²) in [5, 5.41) is 6.39. The second-order valence-electron chi connectivity index (χ2n) is 6.37. The first-order valence-electron chi connectivity index (χ1n) is 8.52. The summed E-state index contributed by atoms with van der Waals surface area (Å²) in [6.07, 6.45) is 7.63. The molecule has 0 aliphatic rings. The van der Waals surface area contributed by atoms with Crippen LogP contribution in [-0.4, -0.2) is 49.2 Å². The number of urea groups is 1. The molecule has 0 fully saturated rings. The molecule has 0 saturated heterocycles. The monoisotopic (exact) mass is 312 g/mol. The van der Waals surface area contributed by atoms with Crippen LogP contribution in [0.5, 0.6) is 0 Å². The van der Waals surface area contributed by atoms with Gasteiger partial charge in [-0.15, -0.1) is 6.58 Å². The molecule has 4 N–H and O–H groups in total. The summed E-state index contributed by atoms with van der Waals surface area (Å²) in [5.41, 5.74) is 4.84. The van der Waals surface area contributed by atoms with Gasteiger partial charge in [0.05, 0.1) is 5.54 Å². The number of nitrogens with two attached hydrogens (primary N) is 1. The minimum Gasteiger partial charge on any atom is -0.352 e. The molecule has 0 aromatic heterocycles. The van der Waals surface area contributed by atoms with Gasteiger partial charge < -0.3 is 21.3 Å². The summed E-state index contributed by atoms with van der Waals surface area (Å²) >= 11 is 0. The molecule has 0 radical (unpaired) electrons. The third-order valence-electron chi connectivity index (χ3n) is 3.96. The second-order valence-corrected chi connectivity index (χ2v) is 6.37. The number of carbonyl (C=O) groups excluding carboxylic acids is 1. The van der Waals surface area contributed by atoms with Gasteiger partial charge in [0.25, 0.3) is 0 Å². The highest BCUT2D eigenvalue weighted by atomic mass is 16.2. The lowest BCUT2D eigenvalue weighted by atomic mass is 9.97. The molecule has 0 bridgehead atoms. The number of hydrogen-bond donors (Lipinski definition) is 3. The standard InChI is InChI=1S/C17H36N4O/c1-6-9-11-15(4)19-13-17(8-3,20-16(18)22)14-21(5)12-10-7-2/h8,15,19H,3,6-7,9-14H2,1-2,4-5H3,(H3,18,20,22)/t15-,17?/m0/s1. The van der Waals surface area contributed by atoms with Gasteiger partial charge in [0, 0.05) is 19.1 Å². The molecule has 0 saturated carbocycles. The van der Waals surface area contributed by atoms with E-state index in [0.717, 1.165) is 25.8 Å². The summed E-state index contributed by atoms with van der Waals surface area (Å²) in [4.78, 5) is 13.6. The van der Waals surface area contributed by atoms with Crippen molar-refractivity contribution in [2.75, 3.05) is 26.7 Å². The number of amides is 2. The van der Waals surface area contributed by atoms with E-state index in [-0.39, 0.29) is 0 Å². The van der Waals surface area contributed by atoms with Gasteiger partial charge in [-0.05, 0) is 33.4 Å². The van der Waals surface area contributed by atoms with Crippen LogP contribution < -0.4 is 16.4 Å². The third kappa shape index (κ3) is 9.05. The van der Waals surface area contributed by atoms with E-state index < -0.39 is 11.6 Å². The van der Waals surface area contributed by atoms with Crippen LogP contribution in [0.2, 0.25) is 0 Å². The zero-order valence-electron chi connectivity index (χ0n) is 15.0. The number of rotatable bonds is 13. The molecule has 5 nitrogen and oxygen atoms in total. The van der Waals surface area contributed by atoms with Gasteiger partial charge in [0.2, 0.25) is 0 Å². The normalized spacial score (nSPS) is 15.3. The van der Waals surface area contributed by atoms with Gasteiger partial charge in [-0.1, -0.05) is 39.2 Å². The number of unbranched alkanes of at least 4 members (excludes halogenated alkanes) is 2. The van der Waals surface area contributed by atoms with Crippen LogP contribution in [0.1, 0.15) is 52.9 Å². The van der Waals surface area contributed by atoms with Crippen molar-refractivity contribution in [2.45, 2.75) is 64.5 Å². The molecular formula is C17H36N4O. The van der Waals surface area contributed by atoms with Crippen molar-refractivity contribution in [3.05, 3.63) is 12.7 Å². The van der Waals surface area contributed by atoms with Crippen LogP contribution in [0, 0.1) is 0 Å². The van der Waals surface area contributed by atoms with Crippen molar-refractivity contribution in [3.63, 3.8) is 0 Å². The van der Waals surface area contributed by atoms with Gasteiger partial charge >= 0.3 is 6.03 Å². The quantitative estimate of drug-likeness (QED) is 0.458. The Morgan fingerprint density at radius 2 is 2.00 bits per heavy atom. The van der Waals surface area contributed by atoms with Gasteiger partial charge in [0.1, 0.15) is 0 Å². The molecule has 0 aromatic rings. The SMILES string of the molecule is C=CC(CN[C@@H](C)CCCC)(CN(C)CCCC)NC(N)=O. The summed E-state index contributed by atoms with van der Waals surface area (Å²) in [5.74, 6) is 0. The van der Waals surface area contributed by atoms with Gasteiger partial charge in [-0.25, -0.2) is 4.79 Å². The van der Waals surface area contributed by atoms with Crippen molar-refractivity contribution in [1.82, 2.24) is 15.5 Å². The molecule has 22 heavy (non-hydrogen) atoms. The second kappa shape index (κ2) is 11.5. The average Bonchev–Trinajstić information content (AvgIpc) is 2.47. The maximum atomic E-state index is 11.4. The highest BCUT2D eigenvalue weighted by Crippen LogP contribution is 2.10. The summed E-state index contributed by atoms with van der Waals surface area (Å²) < 4.78 is 0. The minimum atomic E-state index is -0.533. The molecule has 0 aliphatic carbocycles. The fraction of sp³-hybridized carbons (Fsp3) is 0.824. The first-order chi connectivity index (χ1) is 10.4. The van der Waals surface area contributed by atoms with E-state index in [2.05, 4.69) is 49.9 Å². The minimum absolute atomic E-state index is 0.412. The topological polar surface area (TPSA) is 70.4 Å². The fourth-order valence-electron chi connectivity index (χ4n) is 2.53. The molecule has 0 rings (SSSR count). The first kappa shape index (κ1) is 20.9. The lowest BCUT2D eigenvalue weighted by Crippen LogP contribution is -2.61. The Hall–Kier alpha value is -1.07. The highest BCUT2D eigenvalue weighted by molar-refractivity contribution is 5.73. The Kier molecular flexibility index (Phi) is 10.9. The molecular weight excluding hydrogens is 276 g/mol. The van der Waals surface area contributed by atoms with E-state index in [1.807, 2.05) is 0 Å². The third-order valence-corrected chi connectivity index (χ3v) is 3.96. The van der Waals surface area contributed by atoms with E-state index in [9.17, 15) is 4.79 Å². The number of likely N-dealkylation sites (N-methyl/N-ethyl adjacent to an activating group) is 1. The maximum absolute atomic E-state index is 11.4. The van der Waals surface area contributed by atoms with Crippen molar-refractivity contribution in [3.8, 4) is 0 Å². The van der Waals surface area contributed by atoms with Crippen LogP contribution >= 0.6 is 0 Å². The molecule has 0 heterocycles. The van der Waals surface area contributed by atoms with E-state index in [4.69, 9.17) is 5.73 Å². The predicted octanol–water partition coefficient (Wildman–Crippen LogP) is 2.48. The van der Waals surface area contributed by atoms with Gasteiger partial charge in [-0.3, -0.25) is 0 Å². The Bertz CT molecular complexity index is 322. The molecule has 0 aromatic carbocycles. The summed E-state index contributed by atoms with van der Waals surface area (Å²) in [7, 11) is 2.07. The zero-order valence-corrected chi connectivity index (χ0v) is 15.0. The van der Waals surface area contributed by atoms with Crippen LogP contribution in [0.4, 0.5) is 4.79 Å². The Morgan fingerprint density at radius 3 is 2.50 bits per heavy atom. The van der Waals surface area contributed by atoms with Crippen molar-refractivity contribution < 1.29 is 4.79 Å². The zero-order chi connectivity index (χ0) is 17.0. The molecule has 2 amide bonds. The number of nitrogens with one attached hydrogen (secondary N) is 2. The number of carbonyl (C=O) groups is 1. The van der Waals surface area contributed by atoms with E-state index in [0.29, 0.717) is 19.1 Å². The Balaban J connectivity index is 4.69. The van der Waals surface area contributed by atoms with E-state index in [1.165, 1.54) is 12.8 Å². The predicted molar refractivity (Wildman–Crippen MR) is 95.0 cm³/mol. The Morgan fingerprint density at radius 1 is 1.36 bits per heavy atom. The molecule has 1 unspecified atom stereocenters. The number of primary amides is 1. The van der Waals surface area contributed by atoms with E-state index in [1.54, 1.807) is 6.08 Å². The van der Waals surface area contributed by atoms with Gasteiger partial charge in [0.15, 0.2) is 0 Å².